The van der Waals surface area contributed by atoms with Crippen molar-refractivity contribution in [2.75, 3.05) is 11.9 Å². The molecule has 0 spiro atoms. The molecule has 3 rings (SSSR count). The van der Waals surface area contributed by atoms with Crippen molar-refractivity contribution >= 4 is 44.1 Å². The highest BCUT2D eigenvalue weighted by Crippen LogP contribution is 2.37. The number of nitrogens with one attached hydrogen (secondary N) is 1. The average Bonchev–Trinajstić information content (AvgIpc) is 3.01. The lowest BCUT2D eigenvalue weighted by Gasteiger charge is -2.15. The van der Waals surface area contributed by atoms with E-state index in [2.05, 4.69) is 21.2 Å². The third-order valence-electron chi connectivity index (χ3n) is 4.74. The van der Waals surface area contributed by atoms with Gasteiger partial charge in [0.2, 0.25) is 5.91 Å². The molecule has 0 atom stereocenters. The van der Waals surface area contributed by atoms with Gasteiger partial charge in [0.05, 0.1) is 12.9 Å². The van der Waals surface area contributed by atoms with Crippen LogP contribution < -0.4 is 10.1 Å². The topological polar surface area (TPSA) is 51.5 Å². The zero-order valence-electron chi connectivity index (χ0n) is 16.8. The Morgan fingerprint density at radius 2 is 1.96 bits per heavy atom. The molecular weight excluding hydrogens is 418 g/mol. The van der Waals surface area contributed by atoms with Crippen LogP contribution >= 0.6 is 15.9 Å². The number of amides is 1. The van der Waals surface area contributed by atoms with Gasteiger partial charge in [-0.25, -0.2) is 0 Å². The number of furan rings is 1. The van der Waals surface area contributed by atoms with Gasteiger partial charge >= 0.3 is 0 Å². The van der Waals surface area contributed by atoms with Crippen LogP contribution in [-0.2, 0) is 4.79 Å². The summed E-state index contributed by atoms with van der Waals surface area (Å²) in [5, 5.41) is 3.99. The number of ether oxygens (including phenoxy) is 1. The van der Waals surface area contributed by atoms with E-state index in [0.29, 0.717) is 6.61 Å². The van der Waals surface area contributed by atoms with Crippen LogP contribution in [0.3, 0.4) is 0 Å². The Kier molecular flexibility index (Phi) is 5.94. The van der Waals surface area contributed by atoms with E-state index in [-0.39, 0.29) is 5.91 Å². The van der Waals surface area contributed by atoms with E-state index in [1.165, 1.54) is 0 Å². The van der Waals surface area contributed by atoms with Crippen LogP contribution in [0.2, 0.25) is 0 Å². The smallest absolute Gasteiger partial charge is 0.248 e. The number of halogens is 1. The summed E-state index contributed by atoms with van der Waals surface area (Å²) in [4.78, 5) is 12.6. The van der Waals surface area contributed by atoms with E-state index < -0.39 is 0 Å². The molecule has 0 bridgehead atoms. The molecule has 28 heavy (non-hydrogen) atoms. The van der Waals surface area contributed by atoms with Gasteiger partial charge in [-0.1, -0.05) is 15.9 Å². The Balaban J connectivity index is 1.99. The van der Waals surface area contributed by atoms with E-state index in [4.69, 9.17) is 9.15 Å². The van der Waals surface area contributed by atoms with Crippen LogP contribution in [0.15, 0.2) is 45.5 Å². The SMILES string of the molecule is CCOc1c(/C(C)=C/C(=O)Nc2ccc(Br)cc2C)cc2c(C)coc2c1C. The first-order valence-corrected chi connectivity index (χ1v) is 10.0. The zero-order chi connectivity index (χ0) is 20.4. The number of hydrogen-bond acceptors (Lipinski definition) is 3. The third kappa shape index (κ3) is 3.99. The summed E-state index contributed by atoms with van der Waals surface area (Å²) in [6.45, 7) is 10.4. The van der Waals surface area contributed by atoms with Crippen LogP contribution in [0.25, 0.3) is 16.5 Å². The van der Waals surface area contributed by atoms with Crippen LogP contribution in [0.4, 0.5) is 5.69 Å². The molecular formula is C23H24BrNO3. The third-order valence-corrected chi connectivity index (χ3v) is 5.24. The van der Waals surface area contributed by atoms with E-state index >= 15 is 0 Å². The lowest BCUT2D eigenvalue weighted by molar-refractivity contribution is -0.111. The van der Waals surface area contributed by atoms with Crippen LogP contribution in [-0.4, -0.2) is 12.5 Å². The highest BCUT2D eigenvalue weighted by atomic mass is 79.9. The van der Waals surface area contributed by atoms with Crippen molar-refractivity contribution in [3.63, 3.8) is 0 Å². The second-order valence-electron chi connectivity index (χ2n) is 6.88. The van der Waals surface area contributed by atoms with Crippen molar-refractivity contribution in [1.29, 1.82) is 0 Å². The normalized spacial score (nSPS) is 11.7. The Hall–Kier alpha value is -2.53. The molecule has 0 aliphatic heterocycles. The van der Waals surface area contributed by atoms with Gasteiger partial charge in [0.1, 0.15) is 11.3 Å². The van der Waals surface area contributed by atoms with Crippen molar-refractivity contribution in [2.45, 2.75) is 34.6 Å². The van der Waals surface area contributed by atoms with Crippen molar-refractivity contribution in [2.24, 2.45) is 0 Å². The standard InChI is InChI=1S/C23H24BrNO3/c1-6-27-22-16(5)23-19(15(4)12-28-23)11-18(22)13(2)10-21(26)25-20-8-7-17(24)9-14(20)3/h7-12H,6H2,1-5H3,(H,25,26)/b13-10+. The quantitative estimate of drug-likeness (QED) is 0.455. The Morgan fingerprint density at radius 1 is 1.21 bits per heavy atom. The Bertz CT molecular complexity index is 1080. The molecule has 0 radical (unpaired) electrons. The minimum atomic E-state index is -0.174. The van der Waals surface area contributed by atoms with Crippen molar-refractivity contribution < 1.29 is 13.9 Å². The summed E-state index contributed by atoms with van der Waals surface area (Å²) in [6, 6.07) is 7.80. The Morgan fingerprint density at radius 3 is 2.64 bits per heavy atom. The molecule has 1 N–H and O–H groups in total. The first kappa shape index (κ1) is 20.2. The summed E-state index contributed by atoms with van der Waals surface area (Å²) < 4.78 is 12.6. The van der Waals surface area contributed by atoms with Gasteiger partial charge < -0.3 is 14.5 Å². The number of carbonyl (C=O) groups excluding carboxylic acids is 1. The number of fused-ring (bicyclic) bond motifs is 1. The Labute approximate surface area is 173 Å². The number of hydrogen-bond donors (Lipinski definition) is 1. The van der Waals surface area contributed by atoms with E-state index in [1.54, 1.807) is 12.3 Å². The average molecular weight is 442 g/mol. The van der Waals surface area contributed by atoms with Crippen molar-refractivity contribution in [3.8, 4) is 5.75 Å². The van der Waals surface area contributed by atoms with E-state index in [1.807, 2.05) is 58.9 Å². The molecule has 0 unspecified atom stereocenters. The van der Waals surface area contributed by atoms with Crippen molar-refractivity contribution in [3.05, 3.63) is 63.3 Å². The largest absolute Gasteiger partial charge is 0.493 e. The van der Waals surface area contributed by atoms with Gasteiger partial charge in [-0.15, -0.1) is 0 Å². The molecule has 2 aromatic carbocycles. The number of allylic oxidation sites excluding steroid dienone is 1. The monoisotopic (exact) mass is 441 g/mol. The fraction of sp³-hybridized carbons (Fsp3) is 0.261. The summed E-state index contributed by atoms with van der Waals surface area (Å²) in [7, 11) is 0. The fourth-order valence-corrected chi connectivity index (χ4v) is 3.75. The van der Waals surface area contributed by atoms with Gasteiger partial charge in [0, 0.05) is 32.7 Å². The molecule has 146 valence electrons. The molecule has 5 heteroatoms. The maximum absolute atomic E-state index is 12.6. The number of benzene rings is 2. The number of carbonyl (C=O) groups is 1. The summed E-state index contributed by atoms with van der Waals surface area (Å²) >= 11 is 3.44. The molecule has 0 fully saturated rings. The summed E-state index contributed by atoms with van der Waals surface area (Å²) in [5.74, 6) is 0.581. The summed E-state index contributed by atoms with van der Waals surface area (Å²) in [6.07, 6.45) is 3.36. The lowest BCUT2D eigenvalue weighted by Crippen LogP contribution is -2.10. The van der Waals surface area contributed by atoms with Gasteiger partial charge in [-0.3, -0.25) is 4.79 Å². The maximum Gasteiger partial charge on any atom is 0.248 e. The molecule has 1 amide bonds. The lowest BCUT2D eigenvalue weighted by atomic mass is 9.98. The highest BCUT2D eigenvalue weighted by Gasteiger charge is 2.17. The highest BCUT2D eigenvalue weighted by molar-refractivity contribution is 9.10. The van der Waals surface area contributed by atoms with Crippen LogP contribution in [0.5, 0.6) is 5.75 Å². The predicted octanol–water partition coefficient (Wildman–Crippen LogP) is 6.56. The fourth-order valence-electron chi connectivity index (χ4n) is 3.27. The number of aryl methyl sites for hydroxylation is 3. The predicted molar refractivity (Wildman–Crippen MR) is 118 cm³/mol. The zero-order valence-corrected chi connectivity index (χ0v) is 18.4. The van der Waals surface area contributed by atoms with Gasteiger partial charge in [0.25, 0.3) is 0 Å². The first-order valence-electron chi connectivity index (χ1n) is 9.21. The van der Waals surface area contributed by atoms with Crippen molar-refractivity contribution in [1.82, 2.24) is 0 Å². The minimum absolute atomic E-state index is 0.174. The number of rotatable bonds is 5. The first-order chi connectivity index (χ1) is 13.3. The molecule has 3 aromatic rings. The molecule has 1 aromatic heterocycles. The van der Waals surface area contributed by atoms with Crippen LogP contribution in [0.1, 0.15) is 36.1 Å². The number of anilines is 1. The molecule has 0 aliphatic carbocycles. The summed E-state index contributed by atoms with van der Waals surface area (Å²) in [5.41, 5.74) is 6.35. The maximum atomic E-state index is 12.6. The van der Waals surface area contributed by atoms with Gasteiger partial charge in [-0.05, 0) is 75.6 Å². The molecule has 1 heterocycles. The molecule has 0 aliphatic rings. The molecule has 0 saturated heterocycles. The second kappa shape index (κ2) is 8.23. The van der Waals surface area contributed by atoms with E-state index in [9.17, 15) is 4.79 Å². The molecule has 0 saturated carbocycles. The van der Waals surface area contributed by atoms with E-state index in [0.717, 1.165) is 54.7 Å². The second-order valence-corrected chi connectivity index (χ2v) is 7.80. The molecule has 4 nitrogen and oxygen atoms in total. The van der Waals surface area contributed by atoms with Gasteiger partial charge in [-0.2, -0.15) is 0 Å². The minimum Gasteiger partial charge on any atom is -0.493 e. The van der Waals surface area contributed by atoms with Gasteiger partial charge in [0.15, 0.2) is 0 Å². The van der Waals surface area contributed by atoms with Crippen LogP contribution in [0, 0.1) is 20.8 Å².